The minimum atomic E-state index is -0.363. The van der Waals surface area contributed by atoms with Crippen LogP contribution in [0.5, 0.6) is 0 Å². The van der Waals surface area contributed by atoms with Gasteiger partial charge in [0.25, 0.3) is 0 Å². The van der Waals surface area contributed by atoms with Gasteiger partial charge < -0.3 is 10.6 Å². The molecule has 1 heterocycles. The van der Waals surface area contributed by atoms with Gasteiger partial charge >= 0.3 is 0 Å². The van der Waals surface area contributed by atoms with E-state index in [4.69, 9.17) is 0 Å². The van der Waals surface area contributed by atoms with E-state index in [0.717, 1.165) is 25.9 Å². The van der Waals surface area contributed by atoms with Crippen molar-refractivity contribution < 1.29 is 9.59 Å². The van der Waals surface area contributed by atoms with Gasteiger partial charge in [-0.3, -0.25) is 14.5 Å². The lowest BCUT2D eigenvalue weighted by atomic mass is 10.0. The van der Waals surface area contributed by atoms with Gasteiger partial charge in [-0.25, -0.2) is 0 Å². The topological polar surface area (TPSA) is 61.4 Å². The second-order valence-corrected chi connectivity index (χ2v) is 5.72. The van der Waals surface area contributed by atoms with Gasteiger partial charge in [-0.05, 0) is 39.3 Å². The summed E-state index contributed by atoms with van der Waals surface area (Å²) in [5.41, 5.74) is 0. The highest BCUT2D eigenvalue weighted by atomic mass is 16.2. The number of carbonyl (C=O) groups excluding carboxylic acids is 2. The Morgan fingerprint density at radius 3 is 2.58 bits per heavy atom. The largest absolute Gasteiger partial charge is 0.345 e. The number of hydrogen-bond acceptors (Lipinski definition) is 4. The van der Waals surface area contributed by atoms with Crippen LogP contribution in [0.4, 0.5) is 0 Å². The zero-order valence-electron chi connectivity index (χ0n) is 12.5. The van der Waals surface area contributed by atoms with Crippen LogP contribution in [0, 0.1) is 5.92 Å². The van der Waals surface area contributed by atoms with E-state index in [9.17, 15) is 9.59 Å². The number of nitrogens with one attached hydrogen (secondary N) is 2. The number of rotatable bonds is 7. The molecule has 0 spiro atoms. The molecular weight excluding hydrogens is 242 g/mol. The summed E-state index contributed by atoms with van der Waals surface area (Å²) in [5, 5.41) is 6.02. The van der Waals surface area contributed by atoms with Crippen molar-refractivity contribution in [3.63, 3.8) is 0 Å². The predicted molar refractivity (Wildman–Crippen MR) is 76.0 cm³/mol. The maximum Gasteiger partial charge on any atom is 0.234 e. The molecule has 0 aliphatic carbocycles. The molecule has 5 heteroatoms. The normalized spacial score (nSPS) is 21.6. The van der Waals surface area contributed by atoms with Crippen LogP contribution in [0.15, 0.2) is 0 Å². The average Bonchev–Trinajstić information content (AvgIpc) is 2.73. The molecule has 1 fully saturated rings. The molecule has 1 aliphatic rings. The minimum absolute atomic E-state index is 0.0246. The molecule has 0 aromatic heterocycles. The standard InChI is InChI=1S/C14H27N3O2/c1-10(2)14(11(3)18)16-13(19)9-17-7-5-6-12(17)8-15-4/h10,12,14-15H,5-9H2,1-4H3,(H,16,19). The lowest BCUT2D eigenvalue weighted by molar-refractivity contribution is -0.128. The number of likely N-dealkylation sites (tertiary alicyclic amines) is 1. The molecule has 1 saturated heterocycles. The number of nitrogens with zero attached hydrogens (tertiary/aromatic N) is 1. The number of amides is 1. The molecule has 5 nitrogen and oxygen atoms in total. The summed E-state index contributed by atoms with van der Waals surface area (Å²) in [5.74, 6) is 0.113. The summed E-state index contributed by atoms with van der Waals surface area (Å²) in [6.07, 6.45) is 2.27. The minimum Gasteiger partial charge on any atom is -0.345 e. The molecule has 0 bridgehead atoms. The lowest BCUT2D eigenvalue weighted by Crippen LogP contribution is -2.49. The summed E-state index contributed by atoms with van der Waals surface area (Å²) in [4.78, 5) is 25.7. The van der Waals surface area contributed by atoms with Crippen LogP contribution in [0.3, 0.4) is 0 Å². The van der Waals surface area contributed by atoms with Crippen LogP contribution in [-0.4, -0.2) is 55.4 Å². The molecule has 2 N–H and O–H groups in total. The molecule has 0 aromatic carbocycles. The van der Waals surface area contributed by atoms with Gasteiger partial charge in [0, 0.05) is 12.6 Å². The van der Waals surface area contributed by atoms with Gasteiger partial charge in [0.05, 0.1) is 12.6 Å². The lowest BCUT2D eigenvalue weighted by Gasteiger charge is -2.25. The number of likely N-dealkylation sites (N-methyl/N-ethyl adjacent to an activating group) is 1. The van der Waals surface area contributed by atoms with Gasteiger partial charge in [-0.15, -0.1) is 0 Å². The Morgan fingerprint density at radius 2 is 2.05 bits per heavy atom. The first-order valence-corrected chi connectivity index (χ1v) is 7.14. The molecule has 1 rings (SSSR count). The van der Waals surface area contributed by atoms with Crippen molar-refractivity contribution in [1.29, 1.82) is 0 Å². The molecule has 2 unspecified atom stereocenters. The molecule has 1 amide bonds. The molecule has 1 aliphatic heterocycles. The van der Waals surface area contributed by atoms with Crippen LogP contribution in [0.2, 0.25) is 0 Å². The summed E-state index contributed by atoms with van der Waals surface area (Å²) in [7, 11) is 1.93. The first-order chi connectivity index (χ1) is 8.95. The van der Waals surface area contributed by atoms with E-state index < -0.39 is 0 Å². The van der Waals surface area contributed by atoms with E-state index in [1.54, 1.807) is 0 Å². The van der Waals surface area contributed by atoms with Crippen molar-refractivity contribution >= 4 is 11.7 Å². The number of carbonyl (C=O) groups is 2. The van der Waals surface area contributed by atoms with E-state index >= 15 is 0 Å². The van der Waals surface area contributed by atoms with Gasteiger partial charge in [0.1, 0.15) is 0 Å². The second-order valence-electron chi connectivity index (χ2n) is 5.72. The zero-order chi connectivity index (χ0) is 14.4. The smallest absolute Gasteiger partial charge is 0.234 e. The Kier molecular flexibility index (Phi) is 6.45. The monoisotopic (exact) mass is 269 g/mol. The summed E-state index contributed by atoms with van der Waals surface area (Å²) in [6.45, 7) is 7.70. The fourth-order valence-electron chi connectivity index (χ4n) is 2.71. The van der Waals surface area contributed by atoms with Crippen LogP contribution in [0.25, 0.3) is 0 Å². The number of Topliss-reactive ketones (excluding diaryl/α,β-unsaturated/α-hetero) is 1. The van der Waals surface area contributed by atoms with Crippen molar-refractivity contribution in [3.8, 4) is 0 Å². The molecule has 2 atom stereocenters. The second kappa shape index (κ2) is 7.60. The van der Waals surface area contributed by atoms with Crippen molar-refractivity contribution in [2.24, 2.45) is 5.92 Å². The Balaban J connectivity index is 2.47. The first kappa shape index (κ1) is 16.1. The van der Waals surface area contributed by atoms with Crippen LogP contribution in [-0.2, 0) is 9.59 Å². The Bertz CT molecular complexity index is 318. The third-order valence-electron chi connectivity index (χ3n) is 3.71. The van der Waals surface area contributed by atoms with E-state index in [2.05, 4.69) is 15.5 Å². The quantitative estimate of drug-likeness (QED) is 0.702. The fourth-order valence-corrected chi connectivity index (χ4v) is 2.71. The first-order valence-electron chi connectivity index (χ1n) is 7.14. The third-order valence-corrected chi connectivity index (χ3v) is 3.71. The van der Waals surface area contributed by atoms with Crippen molar-refractivity contribution in [1.82, 2.24) is 15.5 Å². The molecule has 0 radical (unpaired) electrons. The Morgan fingerprint density at radius 1 is 1.37 bits per heavy atom. The predicted octanol–water partition coefficient (Wildman–Crippen LogP) is 0.400. The molecule has 0 aromatic rings. The number of ketones is 1. The van der Waals surface area contributed by atoms with Crippen molar-refractivity contribution in [3.05, 3.63) is 0 Å². The SMILES string of the molecule is CNCC1CCCN1CC(=O)NC(C(C)=O)C(C)C. The van der Waals surface area contributed by atoms with Crippen LogP contribution >= 0.6 is 0 Å². The highest BCUT2D eigenvalue weighted by Gasteiger charge is 2.27. The molecular formula is C14H27N3O2. The maximum atomic E-state index is 12.0. The third kappa shape index (κ3) is 4.91. The molecule has 110 valence electrons. The highest BCUT2D eigenvalue weighted by molar-refractivity contribution is 5.88. The van der Waals surface area contributed by atoms with Gasteiger partial charge in [-0.1, -0.05) is 13.8 Å². The van der Waals surface area contributed by atoms with Gasteiger partial charge in [0.15, 0.2) is 5.78 Å². The maximum absolute atomic E-state index is 12.0. The summed E-state index contributed by atoms with van der Waals surface area (Å²) in [6, 6.07) is 0.0726. The van der Waals surface area contributed by atoms with E-state index in [0.29, 0.717) is 12.6 Å². The van der Waals surface area contributed by atoms with Crippen molar-refractivity contribution in [2.75, 3.05) is 26.7 Å². The molecule has 0 saturated carbocycles. The summed E-state index contributed by atoms with van der Waals surface area (Å²) >= 11 is 0. The average molecular weight is 269 g/mol. The van der Waals surface area contributed by atoms with Gasteiger partial charge in [-0.2, -0.15) is 0 Å². The van der Waals surface area contributed by atoms with E-state index in [-0.39, 0.29) is 23.7 Å². The zero-order valence-corrected chi connectivity index (χ0v) is 12.5. The van der Waals surface area contributed by atoms with E-state index in [1.165, 1.54) is 6.92 Å². The Labute approximate surface area is 116 Å². The highest BCUT2D eigenvalue weighted by Crippen LogP contribution is 2.15. The molecule has 19 heavy (non-hydrogen) atoms. The van der Waals surface area contributed by atoms with Crippen molar-refractivity contribution in [2.45, 2.75) is 45.7 Å². The van der Waals surface area contributed by atoms with Crippen LogP contribution in [0.1, 0.15) is 33.6 Å². The fraction of sp³-hybridized carbons (Fsp3) is 0.857. The Hall–Kier alpha value is -0.940. The van der Waals surface area contributed by atoms with Gasteiger partial charge in [0.2, 0.25) is 5.91 Å². The summed E-state index contributed by atoms with van der Waals surface area (Å²) < 4.78 is 0. The van der Waals surface area contributed by atoms with E-state index in [1.807, 2.05) is 20.9 Å². The van der Waals surface area contributed by atoms with Crippen LogP contribution < -0.4 is 10.6 Å². The number of hydrogen-bond donors (Lipinski definition) is 2.